The maximum absolute atomic E-state index is 13.2. The molecule has 0 spiro atoms. The van der Waals surface area contributed by atoms with Crippen molar-refractivity contribution in [3.8, 4) is 0 Å². The van der Waals surface area contributed by atoms with E-state index in [0.29, 0.717) is 11.3 Å². The number of hydrogen-bond donors (Lipinski definition) is 8. The fourth-order valence-electron chi connectivity index (χ4n) is 3.34. The molecule has 10 N–H and O–H groups in total. The van der Waals surface area contributed by atoms with Gasteiger partial charge >= 0.3 is 5.97 Å². The van der Waals surface area contributed by atoms with Gasteiger partial charge in [0.1, 0.15) is 24.2 Å². The van der Waals surface area contributed by atoms with E-state index in [1.54, 1.807) is 30.3 Å². The van der Waals surface area contributed by atoms with Gasteiger partial charge in [0.15, 0.2) is 0 Å². The van der Waals surface area contributed by atoms with Gasteiger partial charge in [-0.25, -0.2) is 9.78 Å². The first-order valence-electron chi connectivity index (χ1n) is 11.4. The number of hydrogen-bond acceptors (Lipinski definition) is 8. The average molecular weight is 518 g/mol. The molecule has 0 bridgehead atoms. The van der Waals surface area contributed by atoms with Crippen LogP contribution in [0.4, 0.5) is 0 Å². The molecule has 2 aromatic rings. The van der Waals surface area contributed by atoms with Crippen LogP contribution in [0.2, 0.25) is 0 Å². The van der Waals surface area contributed by atoms with Gasteiger partial charge in [-0.1, -0.05) is 30.3 Å². The standard InChI is InChI=1S/C23H31N7O7/c24-15(11-31)20(33)29-17(8-13-4-2-1-3-5-13)22(35)28-16(6-7-19(25)32)21(34)30-18(23(36)37)9-14-10-26-12-27-14/h1-5,10,12,15-18,31H,6-9,11,24H2,(H2,25,32)(H,26,27)(H,28,35)(H,29,33)(H,30,34)(H,36,37). The van der Waals surface area contributed by atoms with Crippen molar-refractivity contribution in [1.82, 2.24) is 25.9 Å². The van der Waals surface area contributed by atoms with Crippen LogP contribution in [0.15, 0.2) is 42.9 Å². The van der Waals surface area contributed by atoms with Crippen molar-refractivity contribution in [2.75, 3.05) is 6.61 Å². The zero-order chi connectivity index (χ0) is 27.4. The molecule has 2 rings (SSSR count). The van der Waals surface area contributed by atoms with Crippen molar-refractivity contribution in [3.63, 3.8) is 0 Å². The van der Waals surface area contributed by atoms with E-state index in [2.05, 4.69) is 25.9 Å². The summed E-state index contributed by atoms with van der Waals surface area (Å²) in [4.78, 5) is 68.1. The maximum Gasteiger partial charge on any atom is 0.326 e. The summed E-state index contributed by atoms with van der Waals surface area (Å²) in [5, 5.41) is 26.0. The van der Waals surface area contributed by atoms with Gasteiger partial charge in [-0.3, -0.25) is 19.2 Å². The summed E-state index contributed by atoms with van der Waals surface area (Å²) < 4.78 is 0. The molecule has 0 radical (unpaired) electrons. The Hall–Kier alpha value is -4.30. The van der Waals surface area contributed by atoms with E-state index in [1.807, 2.05) is 0 Å². The Labute approximate surface area is 212 Å². The molecule has 1 aromatic carbocycles. The first kappa shape index (κ1) is 28.9. The van der Waals surface area contributed by atoms with E-state index in [9.17, 15) is 34.2 Å². The number of aliphatic hydroxyl groups is 1. The monoisotopic (exact) mass is 517 g/mol. The van der Waals surface area contributed by atoms with Gasteiger partial charge < -0.3 is 42.6 Å². The van der Waals surface area contributed by atoms with Gasteiger partial charge in [0, 0.05) is 31.2 Å². The first-order chi connectivity index (χ1) is 17.6. The molecule has 200 valence electrons. The molecule has 0 aliphatic carbocycles. The molecule has 14 heteroatoms. The van der Waals surface area contributed by atoms with Crippen LogP contribution in [0.25, 0.3) is 0 Å². The number of aliphatic hydroxyl groups excluding tert-OH is 1. The second kappa shape index (κ2) is 14.3. The van der Waals surface area contributed by atoms with Gasteiger partial charge in [0.05, 0.1) is 12.9 Å². The Morgan fingerprint density at radius 1 is 0.919 bits per heavy atom. The lowest BCUT2D eigenvalue weighted by Gasteiger charge is -2.25. The quantitative estimate of drug-likeness (QED) is 0.122. The summed E-state index contributed by atoms with van der Waals surface area (Å²) in [6, 6.07) is 3.51. The lowest BCUT2D eigenvalue weighted by molar-refractivity contribution is -0.142. The number of rotatable bonds is 15. The highest BCUT2D eigenvalue weighted by atomic mass is 16.4. The number of nitrogens with one attached hydrogen (secondary N) is 4. The molecule has 0 aliphatic rings. The Balaban J connectivity index is 2.21. The maximum atomic E-state index is 13.2. The Kier molecular flexibility index (Phi) is 11.2. The SMILES string of the molecule is NC(=O)CCC(NC(=O)C(Cc1ccccc1)NC(=O)C(N)CO)C(=O)NC(Cc1cnc[nH]1)C(=O)O. The predicted molar refractivity (Wildman–Crippen MR) is 129 cm³/mol. The van der Waals surface area contributed by atoms with Gasteiger partial charge in [-0.15, -0.1) is 0 Å². The molecular formula is C23H31N7O7. The molecule has 4 atom stereocenters. The average Bonchev–Trinajstić information content (AvgIpc) is 3.38. The number of nitrogens with two attached hydrogens (primary N) is 2. The Morgan fingerprint density at radius 2 is 1.54 bits per heavy atom. The highest BCUT2D eigenvalue weighted by Crippen LogP contribution is 2.07. The van der Waals surface area contributed by atoms with Crippen LogP contribution in [-0.2, 0) is 36.8 Å². The van der Waals surface area contributed by atoms with Crippen molar-refractivity contribution in [2.24, 2.45) is 11.5 Å². The van der Waals surface area contributed by atoms with Crippen LogP contribution in [0, 0.1) is 0 Å². The normalized spacial score (nSPS) is 14.0. The second-order valence-corrected chi connectivity index (χ2v) is 8.29. The topological polar surface area (TPSA) is 243 Å². The fourth-order valence-corrected chi connectivity index (χ4v) is 3.34. The van der Waals surface area contributed by atoms with Gasteiger partial charge in [0.2, 0.25) is 23.6 Å². The molecule has 0 fully saturated rings. The molecule has 4 amide bonds. The third-order valence-corrected chi connectivity index (χ3v) is 5.35. The zero-order valence-electron chi connectivity index (χ0n) is 19.9. The minimum Gasteiger partial charge on any atom is -0.480 e. The lowest BCUT2D eigenvalue weighted by atomic mass is 10.0. The van der Waals surface area contributed by atoms with Crippen LogP contribution in [0.3, 0.4) is 0 Å². The third kappa shape index (κ3) is 9.70. The molecule has 1 aromatic heterocycles. The first-order valence-corrected chi connectivity index (χ1v) is 11.4. The molecule has 0 saturated carbocycles. The predicted octanol–water partition coefficient (Wildman–Crippen LogP) is -2.68. The molecule has 4 unspecified atom stereocenters. The minimum atomic E-state index is -1.36. The van der Waals surface area contributed by atoms with Crippen molar-refractivity contribution in [3.05, 3.63) is 54.1 Å². The van der Waals surface area contributed by atoms with E-state index in [1.165, 1.54) is 12.5 Å². The summed E-state index contributed by atoms with van der Waals surface area (Å²) in [5.41, 5.74) is 11.9. The lowest BCUT2D eigenvalue weighted by Crippen LogP contribution is -2.58. The number of benzene rings is 1. The summed E-state index contributed by atoms with van der Waals surface area (Å²) in [6.45, 7) is -0.651. The van der Waals surface area contributed by atoms with Crippen molar-refractivity contribution < 1.29 is 34.2 Å². The highest BCUT2D eigenvalue weighted by Gasteiger charge is 2.31. The van der Waals surface area contributed by atoms with E-state index in [-0.39, 0.29) is 25.7 Å². The minimum absolute atomic E-state index is 0.0261. The van der Waals surface area contributed by atoms with Crippen molar-refractivity contribution in [1.29, 1.82) is 0 Å². The summed E-state index contributed by atoms with van der Waals surface area (Å²) >= 11 is 0. The number of aromatic nitrogens is 2. The van der Waals surface area contributed by atoms with E-state index in [0.717, 1.165) is 0 Å². The largest absolute Gasteiger partial charge is 0.480 e. The molecule has 0 saturated heterocycles. The summed E-state index contributed by atoms with van der Waals surface area (Å²) in [5.74, 6) is -4.49. The second-order valence-electron chi connectivity index (χ2n) is 8.29. The van der Waals surface area contributed by atoms with Crippen LogP contribution < -0.4 is 27.4 Å². The van der Waals surface area contributed by atoms with Gasteiger partial charge in [-0.2, -0.15) is 0 Å². The summed E-state index contributed by atoms with van der Waals surface area (Å²) in [6.07, 6.45) is 2.19. The van der Waals surface area contributed by atoms with E-state index < -0.39 is 60.4 Å². The van der Waals surface area contributed by atoms with E-state index in [4.69, 9.17) is 11.5 Å². The fraction of sp³-hybridized carbons (Fsp3) is 0.391. The third-order valence-electron chi connectivity index (χ3n) is 5.35. The van der Waals surface area contributed by atoms with Crippen molar-refractivity contribution >= 4 is 29.6 Å². The zero-order valence-corrected chi connectivity index (χ0v) is 19.9. The number of aromatic amines is 1. The van der Waals surface area contributed by atoms with Crippen LogP contribution in [0.5, 0.6) is 0 Å². The number of aliphatic carboxylic acids is 1. The number of carbonyl (C=O) groups is 5. The van der Waals surface area contributed by atoms with Crippen molar-refractivity contribution in [2.45, 2.75) is 49.9 Å². The molecule has 1 heterocycles. The van der Waals surface area contributed by atoms with E-state index >= 15 is 0 Å². The van der Waals surface area contributed by atoms with Crippen LogP contribution in [0.1, 0.15) is 24.1 Å². The number of amides is 4. The Bertz CT molecular complexity index is 1060. The number of primary amides is 1. The smallest absolute Gasteiger partial charge is 0.326 e. The van der Waals surface area contributed by atoms with Crippen LogP contribution in [-0.4, -0.2) is 80.6 Å². The van der Waals surface area contributed by atoms with Gasteiger partial charge in [-0.05, 0) is 12.0 Å². The number of nitrogens with zero attached hydrogens (tertiary/aromatic N) is 1. The molecule has 14 nitrogen and oxygen atoms in total. The number of H-pyrrole nitrogens is 1. The number of carboxylic acid groups (broad SMARTS) is 1. The highest BCUT2D eigenvalue weighted by molar-refractivity contribution is 5.94. The van der Waals surface area contributed by atoms with Gasteiger partial charge in [0.25, 0.3) is 0 Å². The number of imidazole rings is 1. The van der Waals surface area contributed by atoms with Crippen LogP contribution >= 0.6 is 0 Å². The number of carboxylic acids is 1. The Morgan fingerprint density at radius 3 is 2.11 bits per heavy atom. The molecule has 37 heavy (non-hydrogen) atoms. The molecular weight excluding hydrogens is 486 g/mol. The molecule has 0 aliphatic heterocycles. The summed E-state index contributed by atoms with van der Waals surface area (Å²) in [7, 11) is 0. The number of carbonyl (C=O) groups excluding carboxylic acids is 4.